The van der Waals surface area contributed by atoms with Gasteiger partial charge in [-0.05, 0) is 130 Å². The third-order valence-electron chi connectivity index (χ3n) is 22.4. The maximum atomic E-state index is 5.36. The van der Waals surface area contributed by atoms with Gasteiger partial charge in [-0.3, -0.25) is 4.57 Å². The Morgan fingerprint density at radius 1 is 0.168 bits per heavy atom. The first-order valence-electron chi connectivity index (χ1n) is 38.4. The number of benzene rings is 16. The second kappa shape index (κ2) is 26.9. The maximum Gasteiger partial charge on any atom is 0.145 e. The first kappa shape index (κ1) is 64.9. The van der Waals surface area contributed by atoms with Crippen LogP contribution in [0.15, 0.2) is 400 Å². The summed E-state index contributed by atoms with van der Waals surface area (Å²) in [7, 11) is 0. The van der Waals surface area contributed by atoms with Crippen LogP contribution in [-0.2, 0) is 0 Å². The van der Waals surface area contributed by atoms with Crippen molar-refractivity contribution in [2.24, 2.45) is 0 Å². The van der Waals surface area contributed by atoms with Gasteiger partial charge in [-0.25, -0.2) is 24.9 Å². The van der Waals surface area contributed by atoms with Crippen LogP contribution in [0.5, 0.6) is 0 Å². The molecule has 8 nitrogen and oxygen atoms in total. The van der Waals surface area contributed by atoms with Crippen LogP contribution in [0.25, 0.3) is 216 Å². The van der Waals surface area contributed by atoms with Crippen molar-refractivity contribution in [1.82, 2.24) is 38.6 Å². The van der Waals surface area contributed by atoms with Gasteiger partial charge < -0.3 is 9.13 Å². The molecule has 7 heterocycles. The molecule has 0 unspecified atom stereocenters. The fourth-order valence-corrected chi connectivity index (χ4v) is 17.2. The van der Waals surface area contributed by atoms with Crippen LogP contribution in [0, 0.1) is 0 Å². The van der Waals surface area contributed by atoms with Crippen molar-refractivity contribution >= 4 is 120 Å². The predicted molar refractivity (Wildman–Crippen MR) is 470 cm³/mol. The summed E-state index contributed by atoms with van der Waals surface area (Å²) >= 11 is 0. The molecule has 113 heavy (non-hydrogen) atoms. The van der Waals surface area contributed by atoms with Crippen LogP contribution >= 0.6 is 0 Å². The zero-order valence-electron chi connectivity index (χ0n) is 61.2. The van der Waals surface area contributed by atoms with Crippen LogP contribution in [0.1, 0.15) is 0 Å². The molecular weight excluding hydrogens is 1370 g/mol. The molecule has 23 aromatic rings. The molecule has 0 saturated heterocycles. The van der Waals surface area contributed by atoms with E-state index in [0.29, 0.717) is 0 Å². The number of hydrogen-bond acceptors (Lipinski definition) is 5. The summed E-state index contributed by atoms with van der Waals surface area (Å²) in [6, 6.07) is 142. The van der Waals surface area contributed by atoms with Crippen molar-refractivity contribution < 1.29 is 0 Å². The number of aromatic nitrogens is 8. The van der Waals surface area contributed by atoms with E-state index in [-0.39, 0.29) is 0 Å². The summed E-state index contributed by atoms with van der Waals surface area (Å²) in [6.07, 6.45) is 0. The van der Waals surface area contributed by atoms with E-state index in [0.717, 1.165) is 150 Å². The van der Waals surface area contributed by atoms with Gasteiger partial charge >= 0.3 is 0 Å². The Hall–Kier alpha value is -15.3. The van der Waals surface area contributed by atoms with E-state index in [1.54, 1.807) is 0 Å². The van der Waals surface area contributed by atoms with Crippen molar-refractivity contribution in [3.05, 3.63) is 400 Å². The molecule has 23 rings (SSSR count). The summed E-state index contributed by atoms with van der Waals surface area (Å²) in [5.41, 5.74) is 29.9. The Bertz CT molecular complexity index is 7480. The highest BCUT2D eigenvalue weighted by molar-refractivity contribution is 6.18. The lowest BCUT2D eigenvalue weighted by molar-refractivity contribution is 1.10. The Kier molecular flexibility index (Phi) is 15.4. The van der Waals surface area contributed by atoms with Gasteiger partial charge in [0.15, 0.2) is 0 Å². The van der Waals surface area contributed by atoms with Crippen LogP contribution in [0.3, 0.4) is 0 Å². The molecule has 0 aliphatic rings. The monoisotopic (exact) mass is 1440 g/mol. The minimum Gasteiger partial charge on any atom is -0.309 e. The molecule has 0 aliphatic carbocycles. The maximum absolute atomic E-state index is 5.36. The zero-order valence-corrected chi connectivity index (χ0v) is 61.2. The quantitative estimate of drug-likeness (QED) is 0.101. The van der Waals surface area contributed by atoms with E-state index in [1.165, 1.54) is 65.9 Å². The molecule has 16 aromatic carbocycles. The van der Waals surface area contributed by atoms with Gasteiger partial charge in [0, 0.05) is 98.7 Å². The van der Waals surface area contributed by atoms with E-state index >= 15 is 0 Å². The Morgan fingerprint density at radius 3 is 1.04 bits per heavy atom. The average molecular weight is 1440 g/mol. The smallest absolute Gasteiger partial charge is 0.145 e. The van der Waals surface area contributed by atoms with E-state index in [4.69, 9.17) is 24.9 Å². The van der Waals surface area contributed by atoms with Crippen molar-refractivity contribution in [2.45, 2.75) is 0 Å². The number of nitrogens with zero attached hydrogens (tertiary/aromatic N) is 8. The highest BCUT2D eigenvalue weighted by atomic mass is 15.1. The third-order valence-corrected chi connectivity index (χ3v) is 22.4. The summed E-state index contributed by atoms with van der Waals surface area (Å²) in [6.45, 7) is 0. The molecule has 0 aliphatic heterocycles. The lowest BCUT2D eigenvalue weighted by atomic mass is 9.95. The van der Waals surface area contributed by atoms with Gasteiger partial charge in [0.25, 0.3) is 0 Å². The van der Waals surface area contributed by atoms with Crippen molar-refractivity contribution in [3.8, 4) is 95.5 Å². The number of imidazole rings is 1. The highest BCUT2D eigenvalue weighted by Crippen LogP contribution is 2.44. The fraction of sp³-hybridized carbons (Fsp3) is 0. The van der Waals surface area contributed by atoms with Crippen molar-refractivity contribution in [1.29, 1.82) is 0 Å². The molecular formula is C105H66N8. The molecule has 0 bridgehead atoms. The van der Waals surface area contributed by atoms with Gasteiger partial charge in [0.05, 0.1) is 77.6 Å². The first-order chi connectivity index (χ1) is 56.0. The number of hydrogen-bond donors (Lipinski definition) is 0. The Balaban J connectivity index is 0.000000141. The van der Waals surface area contributed by atoms with Crippen LogP contribution in [0.2, 0.25) is 0 Å². The van der Waals surface area contributed by atoms with Gasteiger partial charge in [-0.1, -0.05) is 303 Å². The van der Waals surface area contributed by atoms with Crippen molar-refractivity contribution in [3.63, 3.8) is 0 Å². The summed E-state index contributed by atoms with van der Waals surface area (Å²) in [4.78, 5) is 26.1. The Labute approximate surface area is 650 Å². The van der Waals surface area contributed by atoms with Crippen molar-refractivity contribution in [2.75, 3.05) is 0 Å². The SMILES string of the molecule is c1ccc(-c2c3ccccc3nc3c2ccc2ccc(-c4ccc(-c5cc(-n6c7ccccc7c7ccccc76)cc(-n6c7ccccc7c7ccccc76)c5)cc4)nc23)cc1.c1ccc(-c2c3ccccc3nc3c2ccc2ccc(-c4cccc(-c5ccc(-c6nc7ccccc7n6-c6ccccc6)cc5)c4)nc23)cc1. The second-order valence-electron chi connectivity index (χ2n) is 29.0. The van der Waals surface area contributed by atoms with E-state index in [2.05, 4.69) is 402 Å². The largest absolute Gasteiger partial charge is 0.309 e. The lowest BCUT2D eigenvalue weighted by Gasteiger charge is -2.16. The second-order valence-corrected chi connectivity index (χ2v) is 29.0. The molecule has 7 aromatic heterocycles. The van der Waals surface area contributed by atoms with E-state index in [1.807, 2.05) is 12.1 Å². The molecule has 8 heteroatoms. The molecule has 0 saturated carbocycles. The Morgan fingerprint density at radius 2 is 0.540 bits per heavy atom. The standard InChI is InChI=1S/C58H36N4.C47H30N4/c1-2-14-39(15-3-1)56-48-20-4-9-21-51(48)60-58-49(56)32-30-40-31-33-50(59-57(40)58)38-28-26-37(27-29-38)41-34-42(61-52-22-10-5-16-44(52)45-17-6-11-23-53(45)61)36-43(35-41)62-54-24-12-7-18-46(54)47-19-8-13-25-55(47)62;1-3-12-32(13-4-1)44-38-18-7-8-19-41(38)49-46-39(44)28-26-33-27-29-40(48-45(33)46)36-15-11-14-35(30-36)31-22-24-34(25-23-31)47-50-42-20-9-10-21-43(42)51(47)37-16-5-2-6-17-37/h1-36H;1-30H. The van der Waals surface area contributed by atoms with Crippen LogP contribution in [-0.4, -0.2) is 38.6 Å². The molecule has 0 radical (unpaired) electrons. The lowest BCUT2D eigenvalue weighted by Crippen LogP contribution is -2.00. The fourth-order valence-electron chi connectivity index (χ4n) is 17.2. The topological polar surface area (TPSA) is 79.2 Å². The van der Waals surface area contributed by atoms with Gasteiger partial charge in [0.1, 0.15) is 5.82 Å². The van der Waals surface area contributed by atoms with Crippen LogP contribution < -0.4 is 0 Å². The molecule has 0 atom stereocenters. The van der Waals surface area contributed by atoms with E-state index in [9.17, 15) is 0 Å². The molecule has 0 amide bonds. The van der Waals surface area contributed by atoms with Gasteiger partial charge in [-0.15, -0.1) is 0 Å². The molecule has 0 N–H and O–H groups in total. The van der Waals surface area contributed by atoms with E-state index < -0.39 is 0 Å². The third kappa shape index (κ3) is 11.1. The summed E-state index contributed by atoms with van der Waals surface area (Å²) in [5, 5.41) is 11.6. The molecule has 0 fully saturated rings. The normalized spacial score (nSPS) is 11.7. The first-order valence-corrected chi connectivity index (χ1v) is 38.4. The number of rotatable bonds is 10. The summed E-state index contributed by atoms with van der Waals surface area (Å²) in [5.74, 6) is 0.923. The minimum atomic E-state index is 0.904. The predicted octanol–water partition coefficient (Wildman–Crippen LogP) is 27.1. The van der Waals surface area contributed by atoms with Gasteiger partial charge in [0.2, 0.25) is 0 Å². The number of para-hydroxylation sites is 9. The number of fused-ring (bicyclic) bond motifs is 15. The molecule has 526 valence electrons. The summed E-state index contributed by atoms with van der Waals surface area (Å²) < 4.78 is 7.08. The van der Waals surface area contributed by atoms with Gasteiger partial charge in [-0.2, -0.15) is 0 Å². The highest BCUT2D eigenvalue weighted by Gasteiger charge is 2.22. The minimum absolute atomic E-state index is 0.904. The molecule has 0 spiro atoms. The average Bonchev–Trinajstić information content (AvgIpc) is 1.73. The zero-order chi connectivity index (χ0) is 74.5. The van der Waals surface area contributed by atoms with Crippen LogP contribution in [0.4, 0.5) is 0 Å². The number of pyridine rings is 4.